The fraction of sp³-hybridized carbons (Fsp3) is 0.345. The van der Waals surface area contributed by atoms with Gasteiger partial charge in [0.1, 0.15) is 5.41 Å². The van der Waals surface area contributed by atoms with E-state index >= 15 is 0 Å². The number of carbonyl (C=O) groups excluding carboxylic acids is 1. The van der Waals surface area contributed by atoms with Crippen LogP contribution < -0.4 is 0 Å². The SMILES string of the molecule is [2H]c1c([2H])c([2H])c(C(CCN2C([2H])([2H])C([2H])([2H])C(O)(c3c([2H])c([2H])c(Cl)c([2H])c3[2H])C([2H])([2H])C2([2H])[2H])(C(=O)N(C)C)c2c([2H])c([2H])c([2H])c([2H])c2[2H])c([2H])c1[2H]. The van der Waals surface area contributed by atoms with E-state index in [2.05, 4.69) is 0 Å². The lowest BCUT2D eigenvalue weighted by Gasteiger charge is -2.41. The van der Waals surface area contributed by atoms with Gasteiger partial charge < -0.3 is 14.9 Å². The van der Waals surface area contributed by atoms with Gasteiger partial charge in [0.25, 0.3) is 0 Å². The highest BCUT2D eigenvalue weighted by Crippen LogP contribution is 2.39. The fourth-order valence-electron chi connectivity index (χ4n) is 3.35. The van der Waals surface area contributed by atoms with Crippen LogP contribution in [0.1, 0.15) is 66.0 Å². The topological polar surface area (TPSA) is 43.8 Å². The molecule has 4 rings (SSSR count). The van der Waals surface area contributed by atoms with E-state index in [4.69, 9.17) is 41.8 Å². The molecule has 0 atom stereocenters. The van der Waals surface area contributed by atoms with Gasteiger partial charge in [0.15, 0.2) is 0 Å². The van der Waals surface area contributed by atoms with Crippen LogP contribution in [0.3, 0.4) is 0 Å². The zero-order chi connectivity index (χ0) is 43.5. The van der Waals surface area contributed by atoms with E-state index < -0.39 is 162 Å². The summed E-state index contributed by atoms with van der Waals surface area (Å²) in [5.74, 6) is -1.35. The van der Waals surface area contributed by atoms with Gasteiger partial charge in [-0.1, -0.05) is 84.1 Å². The van der Waals surface area contributed by atoms with Gasteiger partial charge in [-0.05, 0) is 54.5 Å². The van der Waals surface area contributed by atoms with Crippen LogP contribution in [0.25, 0.3) is 0 Å². The molecule has 3 aromatic rings. The Morgan fingerprint density at radius 1 is 1.00 bits per heavy atom. The third kappa shape index (κ3) is 4.90. The zero-order valence-corrected chi connectivity index (χ0v) is 18.8. The Bertz CT molecular complexity index is 1990. The van der Waals surface area contributed by atoms with Gasteiger partial charge in [-0.25, -0.2) is 0 Å². The number of amides is 1. The number of nitrogens with zero attached hydrogens (tertiary/aromatic N) is 2. The number of hydrogen-bond donors (Lipinski definition) is 1. The summed E-state index contributed by atoms with van der Waals surface area (Å²) >= 11 is 5.86. The normalized spacial score (nSPS) is 31.4. The summed E-state index contributed by atoms with van der Waals surface area (Å²) < 4.78 is 190. The van der Waals surface area contributed by atoms with E-state index in [1.807, 2.05) is 0 Å². The monoisotopic (exact) mass is 498 g/mol. The molecule has 0 bridgehead atoms. The van der Waals surface area contributed by atoms with Gasteiger partial charge >= 0.3 is 0 Å². The maximum absolute atomic E-state index is 14.7. The standard InChI is InChI=1S/C29H33ClN2O2/c1-31(2)27(33)29(24-9-5-3-6-10-24,25-11-7-4-8-12-25)19-22-32-20-17-28(34,18-21-32)23-13-15-26(30)16-14-23/h3-16,34H,17-22H2,1-2H3/i3D,4D,5D,6D,7D,8D,9D,10D,11D,12D,13D,14D,15D,16D,17D2,18D2,20D2,21D2. The summed E-state index contributed by atoms with van der Waals surface area (Å²) in [7, 11) is 2.17. The number of aliphatic hydroxyl groups is 1. The second kappa shape index (κ2) is 10.3. The number of hydrogen-bond acceptors (Lipinski definition) is 3. The molecule has 5 heteroatoms. The predicted molar refractivity (Wildman–Crippen MR) is 138 cm³/mol. The summed E-state index contributed by atoms with van der Waals surface area (Å²) in [6.45, 7) is -9.45. The second-order valence-corrected chi connectivity index (χ2v) is 7.76. The van der Waals surface area contributed by atoms with Crippen molar-refractivity contribution in [2.24, 2.45) is 0 Å². The highest BCUT2D eigenvalue weighted by molar-refractivity contribution is 6.30. The van der Waals surface area contributed by atoms with Gasteiger partial charge in [0.2, 0.25) is 5.91 Å². The number of likely N-dealkylation sites (N-methyl/N-ethyl adjacent to an activating group) is 1. The van der Waals surface area contributed by atoms with Crippen molar-refractivity contribution in [2.45, 2.75) is 30.2 Å². The summed E-state index contributed by atoms with van der Waals surface area (Å²) in [4.78, 5) is 15.3. The highest BCUT2D eigenvalue weighted by Gasteiger charge is 2.43. The maximum atomic E-state index is 14.7. The van der Waals surface area contributed by atoms with E-state index in [9.17, 15) is 9.90 Å². The molecular weight excluding hydrogens is 444 g/mol. The first-order valence-electron chi connectivity index (χ1n) is 20.9. The van der Waals surface area contributed by atoms with Gasteiger partial charge in [0, 0.05) is 43.1 Å². The van der Waals surface area contributed by atoms with Crippen molar-refractivity contribution in [3.63, 3.8) is 0 Å². The Kier molecular flexibility index (Phi) is 2.76. The molecule has 0 saturated carbocycles. The molecular formula is C29H33ClN2O2. The Morgan fingerprint density at radius 2 is 1.50 bits per heavy atom. The molecule has 0 aromatic heterocycles. The summed E-state index contributed by atoms with van der Waals surface area (Å²) in [6, 6.07) is -15.6. The van der Waals surface area contributed by atoms with Crippen LogP contribution in [0, 0.1) is 0 Å². The molecule has 0 aliphatic carbocycles. The molecule has 1 saturated heterocycles. The van der Waals surface area contributed by atoms with Crippen molar-refractivity contribution in [3.05, 3.63) is 106 Å². The molecule has 0 unspecified atom stereocenters. The first-order valence-corrected chi connectivity index (χ1v) is 10.2. The number of carbonyl (C=O) groups is 1. The van der Waals surface area contributed by atoms with Crippen molar-refractivity contribution < 1.29 is 40.1 Å². The maximum Gasteiger partial charge on any atom is 0.237 e. The zero-order valence-electron chi connectivity index (χ0n) is 40.0. The highest BCUT2D eigenvalue weighted by atomic mass is 35.5. The minimum atomic E-state index is -4.20. The summed E-state index contributed by atoms with van der Waals surface area (Å²) in [5.41, 5.74) is -10.8. The molecule has 0 radical (unpaired) electrons. The minimum absolute atomic E-state index is 0.150. The van der Waals surface area contributed by atoms with Crippen molar-refractivity contribution >= 4 is 17.5 Å². The number of benzene rings is 3. The first kappa shape index (κ1) is 9.09. The average Bonchev–Trinajstić information content (AvgIpc) is 3.11. The molecule has 1 fully saturated rings. The molecule has 0 spiro atoms. The van der Waals surface area contributed by atoms with Crippen molar-refractivity contribution in [3.8, 4) is 0 Å². The lowest BCUT2D eigenvalue weighted by atomic mass is 9.70. The van der Waals surface area contributed by atoms with Crippen LogP contribution in [0.5, 0.6) is 0 Å². The smallest absolute Gasteiger partial charge is 0.237 e. The Labute approximate surface area is 238 Å². The quantitative estimate of drug-likeness (QED) is 0.493. The molecule has 1 heterocycles. The fourth-order valence-corrected chi connectivity index (χ4v) is 3.45. The van der Waals surface area contributed by atoms with Crippen molar-refractivity contribution in [1.29, 1.82) is 0 Å². The Hall–Kier alpha value is -2.66. The predicted octanol–water partition coefficient (Wildman–Crippen LogP) is 5.09. The molecule has 1 aliphatic heterocycles. The van der Waals surface area contributed by atoms with Crippen LogP contribution in [-0.2, 0) is 15.8 Å². The van der Waals surface area contributed by atoms with Gasteiger partial charge in [-0.2, -0.15) is 0 Å². The average molecular weight is 499 g/mol. The van der Waals surface area contributed by atoms with Gasteiger partial charge in [-0.3, -0.25) is 4.79 Å². The molecule has 1 N–H and O–H groups in total. The van der Waals surface area contributed by atoms with Gasteiger partial charge in [0.05, 0.1) is 24.8 Å². The van der Waals surface area contributed by atoms with Crippen LogP contribution >= 0.6 is 11.6 Å². The largest absolute Gasteiger partial charge is 0.385 e. The summed E-state index contributed by atoms with van der Waals surface area (Å²) in [5, 5.41) is 11.2. The first-order chi connectivity index (χ1) is 25.2. The van der Waals surface area contributed by atoms with E-state index in [0.29, 0.717) is 0 Å². The van der Waals surface area contributed by atoms with Crippen molar-refractivity contribution in [2.75, 3.05) is 33.6 Å². The molecule has 4 nitrogen and oxygen atoms in total. The van der Waals surface area contributed by atoms with E-state index in [-0.39, 0.29) is 4.90 Å². The third-order valence-electron chi connectivity index (χ3n) is 5.04. The van der Waals surface area contributed by atoms with Gasteiger partial charge in [-0.15, -0.1) is 0 Å². The number of halogens is 1. The van der Waals surface area contributed by atoms with E-state index in [0.717, 1.165) is 19.0 Å². The molecule has 1 amide bonds. The van der Waals surface area contributed by atoms with Crippen LogP contribution in [0.2, 0.25) is 5.02 Å². The molecule has 3 aromatic carbocycles. The van der Waals surface area contributed by atoms with E-state index in [1.165, 1.54) is 0 Å². The molecule has 34 heavy (non-hydrogen) atoms. The van der Waals surface area contributed by atoms with E-state index in [1.54, 1.807) is 0 Å². The van der Waals surface area contributed by atoms with Crippen LogP contribution in [0.15, 0.2) is 84.6 Å². The van der Waals surface area contributed by atoms with Crippen molar-refractivity contribution in [1.82, 2.24) is 9.80 Å². The van der Waals surface area contributed by atoms with Crippen LogP contribution in [-0.4, -0.2) is 54.4 Å². The lowest BCUT2D eigenvalue weighted by molar-refractivity contribution is -0.133. The second-order valence-electron chi connectivity index (χ2n) is 7.38. The number of piperidine rings is 1. The lowest BCUT2D eigenvalue weighted by Crippen LogP contribution is -2.48. The molecule has 178 valence electrons. The molecule has 1 aliphatic rings. The third-order valence-corrected chi connectivity index (χ3v) is 5.22. The Morgan fingerprint density at radius 3 is 1.97 bits per heavy atom. The summed E-state index contributed by atoms with van der Waals surface area (Å²) in [6.07, 6.45) is -9.65. The van der Waals surface area contributed by atoms with Crippen LogP contribution in [0.4, 0.5) is 0 Å². The number of rotatable bonds is 7. The Balaban J connectivity index is 2.18. The number of likely N-dealkylation sites (tertiary alicyclic amines) is 1. The minimum Gasteiger partial charge on any atom is -0.385 e.